The number of carbonyl (C=O) groups is 1. The summed E-state index contributed by atoms with van der Waals surface area (Å²) in [6.45, 7) is 5.73. The molecule has 0 amide bonds. The zero-order valence-corrected chi connectivity index (χ0v) is 15.9. The highest BCUT2D eigenvalue weighted by Gasteiger charge is 2.11. The normalized spacial score (nSPS) is 10.6. The molecule has 0 saturated carbocycles. The number of ether oxygens (including phenoxy) is 1. The molecule has 28 heavy (non-hydrogen) atoms. The van der Waals surface area contributed by atoms with E-state index in [4.69, 9.17) is 4.74 Å². The second-order valence-corrected chi connectivity index (χ2v) is 6.48. The first-order valence-electron chi connectivity index (χ1n) is 8.89. The average molecular weight is 378 g/mol. The van der Waals surface area contributed by atoms with E-state index >= 15 is 0 Å². The van der Waals surface area contributed by atoms with Crippen LogP contribution in [0.3, 0.4) is 0 Å². The van der Waals surface area contributed by atoms with Crippen LogP contribution in [0.2, 0.25) is 0 Å². The molecule has 3 rings (SSSR count). The summed E-state index contributed by atoms with van der Waals surface area (Å²) < 4.78 is 5.64. The van der Waals surface area contributed by atoms with Gasteiger partial charge in [-0.2, -0.15) is 0 Å². The van der Waals surface area contributed by atoms with Crippen molar-refractivity contribution in [3.8, 4) is 5.75 Å². The van der Waals surface area contributed by atoms with Crippen LogP contribution in [0.15, 0.2) is 54.6 Å². The summed E-state index contributed by atoms with van der Waals surface area (Å²) in [4.78, 5) is 20.1. The molecule has 3 N–H and O–H groups in total. The van der Waals surface area contributed by atoms with Gasteiger partial charge in [0.25, 0.3) is 0 Å². The van der Waals surface area contributed by atoms with Gasteiger partial charge >= 0.3 is 5.97 Å². The third kappa shape index (κ3) is 4.97. The molecule has 144 valence electrons. The molecular formula is C21H22N4O3. The third-order valence-electron chi connectivity index (χ3n) is 3.76. The Labute approximate surface area is 163 Å². The highest BCUT2D eigenvalue weighted by atomic mass is 16.5. The number of para-hydroxylation sites is 1. The molecule has 0 bridgehead atoms. The van der Waals surface area contributed by atoms with Crippen molar-refractivity contribution in [3.63, 3.8) is 0 Å². The molecule has 2 aromatic carbocycles. The first kappa shape index (κ1) is 19.2. The van der Waals surface area contributed by atoms with Gasteiger partial charge in [-0.3, -0.25) is 0 Å². The number of aromatic nitrogens is 2. The molecule has 0 aliphatic carbocycles. The Morgan fingerprint density at radius 1 is 1.00 bits per heavy atom. The van der Waals surface area contributed by atoms with E-state index < -0.39 is 5.97 Å². The molecule has 0 unspecified atom stereocenters. The van der Waals surface area contributed by atoms with Crippen LogP contribution in [0.4, 0.5) is 23.0 Å². The van der Waals surface area contributed by atoms with Crippen molar-refractivity contribution < 1.29 is 14.6 Å². The minimum absolute atomic E-state index is 0.116. The van der Waals surface area contributed by atoms with Gasteiger partial charge in [0, 0.05) is 11.8 Å². The zero-order valence-electron chi connectivity index (χ0n) is 15.9. The molecule has 7 nitrogen and oxygen atoms in total. The number of hydrogen-bond donors (Lipinski definition) is 3. The van der Waals surface area contributed by atoms with Crippen molar-refractivity contribution >= 4 is 29.0 Å². The highest BCUT2D eigenvalue weighted by Crippen LogP contribution is 2.24. The van der Waals surface area contributed by atoms with Gasteiger partial charge in [-0.15, -0.1) is 0 Å². The maximum Gasteiger partial charge on any atom is 0.337 e. The SMILES string of the molecule is Cc1nc(Nc2ccc(OC(C)C)cc2)cc(Nc2ccccc2C(=O)O)n1. The number of aryl methyl sites for hydroxylation is 1. The van der Waals surface area contributed by atoms with E-state index in [1.54, 1.807) is 37.3 Å². The maximum absolute atomic E-state index is 11.4. The molecular weight excluding hydrogens is 356 g/mol. The fraction of sp³-hybridized carbons (Fsp3) is 0.190. The Kier molecular flexibility index (Phi) is 5.74. The van der Waals surface area contributed by atoms with Crippen LogP contribution in [-0.4, -0.2) is 27.1 Å². The number of hydrogen-bond acceptors (Lipinski definition) is 6. The van der Waals surface area contributed by atoms with E-state index in [9.17, 15) is 9.90 Å². The van der Waals surface area contributed by atoms with Gasteiger partial charge in [0.15, 0.2) is 0 Å². The summed E-state index contributed by atoms with van der Waals surface area (Å²) in [7, 11) is 0. The van der Waals surface area contributed by atoms with Crippen molar-refractivity contribution in [1.29, 1.82) is 0 Å². The number of aromatic carboxylic acids is 1. The van der Waals surface area contributed by atoms with Crippen molar-refractivity contribution in [2.24, 2.45) is 0 Å². The molecule has 0 aliphatic rings. The second-order valence-electron chi connectivity index (χ2n) is 6.48. The average Bonchev–Trinajstić information content (AvgIpc) is 2.63. The van der Waals surface area contributed by atoms with Crippen LogP contribution in [0.1, 0.15) is 30.0 Å². The van der Waals surface area contributed by atoms with E-state index in [1.165, 1.54) is 0 Å². The van der Waals surface area contributed by atoms with Crippen LogP contribution in [0, 0.1) is 6.92 Å². The van der Waals surface area contributed by atoms with Crippen LogP contribution < -0.4 is 15.4 Å². The number of anilines is 4. The molecule has 0 radical (unpaired) electrons. The number of rotatable bonds is 7. The maximum atomic E-state index is 11.4. The van der Waals surface area contributed by atoms with Gasteiger partial charge in [-0.1, -0.05) is 12.1 Å². The van der Waals surface area contributed by atoms with Crippen LogP contribution in [0.5, 0.6) is 5.75 Å². The Bertz CT molecular complexity index is 972. The second kappa shape index (κ2) is 8.39. The monoisotopic (exact) mass is 378 g/mol. The lowest BCUT2D eigenvalue weighted by atomic mass is 10.2. The van der Waals surface area contributed by atoms with Gasteiger partial charge in [-0.25, -0.2) is 14.8 Å². The van der Waals surface area contributed by atoms with Gasteiger partial charge < -0.3 is 20.5 Å². The van der Waals surface area contributed by atoms with Gasteiger partial charge in [-0.05, 0) is 57.2 Å². The molecule has 0 saturated heterocycles. The summed E-state index contributed by atoms with van der Waals surface area (Å²) in [5.74, 6) is 1.45. The van der Waals surface area contributed by atoms with Crippen LogP contribution in [0.25, 0.3) is 0 Å². The van der Waals surface area contributed by atoms with Crippen molar-refractivity contribution in [3.05, 3.63) is 66.0 Å². The number of benzene rings is 2. The highest BCUT2D eigenvalue weighted by molar-refractivity contribution is 5.95. The smallest absolute Gasteiger partial charge is 0.337 e. The summed E-state index contributed by atoms with van der Waals surface area (Å²) in [6, 6.07) is 16.0. The molecule has 1 heterocycles. The summed E-state index contributed by atoms with van der Waals surface area (Å²) in [5.41, 5.74) is 1.49. The number of carboxylic acids is 1. The lowest BCUT2D eigenvalue weighted by molar-refractivity contribution is 0.0698. The van der Waals surface area contributed by atoms with Crippen molar-refractivity contribution in [2.45, 2.75) is 26.9 Å². The Morgan fingerprint density at radius 2 is 1.64 bits per heavy atom. The first-order chi connectivity index (χ1) is 13.4. The van der Waals surface area contributed by atoms with E-state index in [2.05, 4.69) is 20.6 Å². The van der Waals surface area contributed by atoms with Crippen molar-refractivity contribution in [2.75, 3.05) is 10.6 Å². The molecule has 0 fully saturated rings. The molecule has 7 heteroatoms. The molecule has 1 aromatic heterocycles. The number of carboxylic acid groups (broad SMARTS) is 1. The Balaban J connectivity index is 1.79. The topological polar surface area (TPSA) is 96.4 Å². The minimum atomic E-state index is -1.00. The summed E-state index contributed by atoms with van der Waals surface area (Å²) in [5, 5.41) is 15.6. The largest absolute Gasteiger partial charge is 0.491 e. The predicted octanol–water partition coefficient (Wildman–Crippen LogP) is 4.76. The predicted molar refractivity (Wildman–Crippen MR) is 109 cm³/mol. The zero-order chi connectivity index (χ0) is 20.1. The lowest BCUT2D eigenvalue weighted by Gasteiger charge is -2.13. The lowest BCUT2D eigenvalue weighted by Crippen LogP contribution is -2.06. The molecule has 0 spiro atoms. The molecule has 0 aliphatic heterocycles. The van der Waals surface area contributed by atoms with Crippen LogP contribution >= 0.6 is 0 Å². The Morgan fingerprint density at radius 3 is 2.29 bits per heavy atom. The summed E-state index contributed by atoms with van der Waals surface area (Å²) in [6.07, 6.45) is 0.116. The summed E-state index contributed by atoms with van der Waals surface area (Å²) >= 11 is 0. The van der Waals surface area contributed by atoms with E-state index in [0.29, 0.717) is 23.1 Å². The fourth-order valence-electron chi connectivity index (χ4n) is 2.65. The Hall–Kier alpha value is -3.61. The number of nitrogens with zero attached hydrogens (tertiary/aromatic N) is 2. The van der Waals surface area contributed by atoms with Gasteiger partial charge in [0.2, 0.25) is 0 Å². The quantitative estimate of drug-likeness (QED) is 0.545. The fourth-order valence-corrected chi connectivity index (χ4v) is 2.65. The third-order valence-corrected chi connectivity index (χ3v) is 3.76. The molecule has 3 aromatic rings. The van der Waals surface area contributed by atoms with E-state index in [-0.39, 0.29) is 11.7 Å². The van der Waals surface area contributed by atoms with E-state index in [0.717, 1.165) is 11.4 Å². The van der Waals surface area contributed by atoms with Gasteiger partial charge in [0.1, 0.15) is 23.2 Å². The van der Waals surface area contributed by atoms with Gasteiger partial charge in [0.05, 0.1) is 17.4 Å². The number of nitrogens with one attached hydrogen (secondary N) is 2. The standard InChI is InChI=1S/C21H22N4O3/c1-13(2)28-16-10-8-15(9-11-16)24-19-12-20(23-14(3)22-19)25-18-7-5-4-6-17(18)21(26)27/h4-13H,1-3H3,(H,26,27)(H2,22,23,24,25). The van der Waals surface area contributed by atoms with Crippen molar-refractivity contribution in [1.82, 2.24) is 9.97 Å². The molecule has 0 atom stereocenters. The minimum Gasteiger partial charge on any atom is -0.491 e. The van der Waals surface area contributed by atoms with Crippen LogP contribution in [-0.2, 0) is 0 Å². The first-order valence-corrected chi connectivity index (χ1v) is 8.89. The van der Waals surface area contributed by atoms with E-state index in [1.807, 2.05) is 38.1 Å².